The Morgan fingerprint density at radius 3 is 2.78 bits per heavy atom. The largest absolute Gasteiger partial charge is 0.368 e. The number of carbonyl (C=O) groups is 1. The average molecular weight is 126 g/mol. The van der Waals surface area contributed by atoms with E-state index in [4.69, 9.17) is 11.5 Å². The predicted octanol–water partition coefficient (Wildman–Crippen LogP) is -0.470. The highest BCUT2D eigenvalue weighted by Gasteiger charge is 2.04. The molecule has 3 heteroatoms. The van der Waals surface area contributed by atoms with Crippen molar-refractivity contribution >= 4 is 5.91 Å². The molecule has 9 heavy (non-hydrogen) atoms. The van der Waals surface area contributed by atoms with E-state index in [2.05, 4.69) is 12.3 Å². The second-order valence-corrected chi connectivity index (χ2v) is 1.65. The fourth-order valence-electron chi connectivity index (χ4n) is 0.326. The fourth-order valence-corrected chi connectivity index (χ4v) is 0.326. The van der Waals surface area contributed by atoms with Gasteiger partial charge in [-0.3, -0.25) is 4.79 Å². The summed E-state index contributed by atoms with van der Waals surface area (Å²) >= 11 is 0. The van der Waals surface area contributed by atoms with Crippen LogP contribution < -0.4 is 11.5 Å². The normalized spacial score (nSPS) is 11.7. The smallest absolute Gasteiger partial charge is 0.234 e. The summed E-state index contributed by atoms with van der Waals surface area (Å²) in [7, 11) is 0. The van der Waals surface area contributed by atoms with Crippen molar-refractivity contribution in [2.75, 3.05) is 0 Å². The van der Waals surface area contributed by atoms with Gasteiger partial charge in [-0.1, -0.05) is 6.58 Å². The monoisotopic (exact) mass is 126 g/mol. The van der Waals surface area contributed by atoms with Crippen LogP contribution in [-0.4, -0.2) is 11.9 Å². The first-order valence-electron chi connectivity index (χ1n) is 2.57. The van der Waals surface area contributed by atoms with Crippen LogP contribution in [0.5, 0.6) is 0 Å². The van der Waals surface area contributed by atoms with Crippen molar-refractivity contribution in [3.8, 4) is 0 Å². The third-order valence-corrected chi connectivity index (χ3v) is 0.882. The molecule has 1 amide bonds. The minimum absolute atomic E-state index is 0.416. The highest BCUT2D eigenvalue weighted by molar-refractivity contribution is 5.79. The number of primary amides is 1. The van der Waals surface area contributed by atoms with Crippen molar-refractivity contribution in [3.63, 3.8) is 0 Å². The van der Waals surface area contributed by atoms with E-state index in [1.807, 2.05) is 0 Å². The molecule has 0 saturated heterocycles. The molecule has 0 aromatic carbocycles. The van der Waals surface area contributed by atoms with Crippen LogP contribution in [0.4, 0.5) is 0 Å². The van der Waals surface area contributed by atoms with Crippen LogP contribution >= 0.6 is 0 Å². The molecule has 0 fully saturated rings. The van der Waals surface area contributed by atoms with Crippen LogP contribution in [-0.2, 0) is 4.79 Å². The molecule has 0 aromatic heterocycles. The van der Waals surface area contributed by atoms with Gasteiger partial charge in [-0.05, 0) is 12.5 Å². The maximum absolute atomic E-state index is 10.2. The third kappa shape index (κ3) is 3.53. The molecule has 0 aromatic rings. The molecule has 0 aliphatic heterocycles. The summed E-state index contributed by atoms with van der Waals surface area (Å²) < 4.78 is 0. The first-order valence-corrected chi connectivity index (χ1v) is 2.57. The minimum Gasteiger partial charge on any atom is -0.368 e. The van der Waals surface area contributed by atoms with E-state index in [1.165, 1.54) is 0 Å². The number of hydrogen-bond acceptors (Lipinski definition) is 2. The SMILES string of the molecule is C=C=CCC(N)C(N)=O. The molecule has 3 nitrogen and oxygen atoms in total. The Labute approximate surface area is 54.0 Å². The van der Waals surface area contributed by atoms with Crippen molar-refractivity contribution in [3.05, 3.63) is 18.4 Å². The molecule has 0 bridgehead atoms. The highest BCUT2D eigenvalue weighted by atomic mass is 16.1. The molecule has 4 N–H and O–H groups in total. The van der Waals surface area contributed by atoms with Gasteiger partial charge in [0.2, 0.25) is 5.91 Å². The van der Waals surface area contributed by atoms with Crippen LogP contribution in [0.25, 0.3) is 0 Å². The molecule has 50 valence electrons. The predicted molar refractivity (Wildman–Crippen MR) is 35.5 cm³/mol. The Hall–Kier alpha value is -1.05. The van der Waals surface area contributed by atoms with Gasteiger partial charge >= 0.3 is 0 Å². The van der Waals surface area contributed by atoms with Gasteiger partial charge in [0.1, 0.15) is 0 Å². The molecule has 0 spiro atoms. The number of carbonyl (C=O) groups excluding carboxylic acids is 1. The van der Waals surface area contributed by atoms with Crippen LogP contribution in [0.3, 0.4) is 0 Å². The first kappa shape index (κ1) is 7.95. The average Bonchev–Trinajstić information content (AvgIpc) is 1.82. The second kappa shape index (κ2) is 3.89. The summed E-state index contributed by atoms with van der Waals surface area (Å²) in [5.74, 6) is -0.499. The number of amides is 1. The standard InChI is InChI=1S/C6H10N2O/c1-2-3-4-5(7)6(8)9/h3,5H,1,4,7H2,(H2,8,9). The van der Waals surface area contributed by atoms with E-state index < -0.39 is 11.9 Å². The van der Waals surface area contributed by atoms with Crippen molar-refractivity contribution < 1.29 is 4.79 Å². The van der Waals surface area contributed by atoms with Crippen molar-refractivity contribution in [1.29, 1.82) is 0 Å². The van der Waals surface area contributed by atoms with E-state index in [-0.39, 0.29) is 0 Å². The van der Waals surface area contributed by atoms with Gasteiger partial charge in [0.15, 0.2) is 0 Å². The van der Waals surface area contributed by atoms with Crippen LogP contribution in [0.2, 0.25) is 0 Å². The number of rotatable bonds is 3. The van der Waals surface area contributed by atoms with E-state index in [0.29, 0.717) is 6.42 Å². The fraction of sp³-hybridized carbons (Fsp3) is 0.333. The van der Waals surface area contributed by atoms with Gasteiger partial charge in [-0.2, -0.15) is 0 Å². The maximum atomic E-state index is 10.2. The molecule has 0 rings (SSSR count). The molecule has 1 atom stereocenters. The molecular weight excluding hydrogens is 116 g/mol. The quantitative estimate of drug-likeness (QED) is 0.502. The van der Waals surface area contributed by atoms with E-state index >= 15 is 0 Å². The van der Waals surface area contributed by atoms with Gasteiger partial charge in [0.05, 0.1) is 6.04 Å². The first-order chi connectivity index (χ1) is 4.18. The Kier molecular flexibility index (Phi) is 3.44. The lowest BCUT2D eigenvalue weighted by atomic mass is 10.2. The summed E-state index contributed by atoms with van der Waals surface area (Å²) in [6.07, 6.45) is 1.99. The molecule has 0 radical (unpaired) electrons. The van der Waals surface area contributed by atoms with Crippen LogP contribution in [0.15, 0.2) is 18.4 Å². The summed E-state index contributed by atoms with van der Waals surface area (Å²) in [5.41, 5.74) is 12.6. The lowest BCUT2D eigenvalue weighted by molar-refractivity contribution is -0.119. The zero-order chi connectivity index (χ0) is 7.28. The van der Waals surface area contributed by atoms with Crippen molar-refractivity contribution in [1.82, 2.24) is 0 Å². The van der Waals surface area contributed by atoms with Gasteiger partial charge in [0.25, 0.3) is 0 Å². The summed E-state index contributed by atoms with van der Waals surface area (Å²) in [4.78, 5) is 10.2. The zero-order valence-corrected chi connectivity index (χ0v) is 5.13. The minimum atomic E-state index is -0.598. The molecule has 0 aliphatic carbocycles. The molecule has 0 saturated carbocycles. The number of hydrogen-bond donors (Lipinski definition) is 2. The molecular formula is C6H10N2O. The van der Waals surface area contributed by atoms with E-state index in [1.54, 1.807) is 6.08 Å². The Morgan fingerprint density at radius 1 is 1.89 bits per heavy atom. The lowest BCUT2D eigenvalue weighted by Crippen LogP contribution is -2.35. The van der Waals surface area contributed by atoms with E-state index in [0.717, 1.165) is 0 Å². The molecule has 0 aliphatic rings. The van der Waals surface area contributed by atoms with Crippen LogP contribution in [0.1, 0.15) is 6.42 Å². The van der Waals surface area contributed by atoms with Crippen LogP contribution in [0, 0.1) is 0 Å². The second-order valence-electron chi connectivity index (χ2n) is 1.65. The maximum Gasteiger partial charge on any atom is 0.234 e. The van der Waals surface area contributed by atoms with E-state index in [9.17, 15) is 4.79 Å². The van der Waals surface area contributed by atoms with Gasteiger partial charge < -0.3 is 11.5 Å². The van der Waals surface area contributed by atoms with Crippen molar-refractivity contribution in [2.45, 2.75) is 12.5 Å². The van der Waals surface area contributed by atoms with Gasteiger partial charge in [0, 0.05) is 0 Å². The Balaban J connectivity index is 3.63. The lowest BCUT2D eigenvalue weighted by Gasteiger charge is -1.99. The Bertz CT molecular complexity index is 147. The summed E-state index contributed by atoms with van der Waals surface area (Å²) in [6, 6.07) is -0.598. The van der Waals surface area contributed by atoms with Gasteiger partial charge in [-0.15, -0.1) is 5.73 Å². The summed E-state index contributed by atoms with van der Waals surface area (Å²) in [5, 5.41) is 0. The van der Waals surface area contributed by atoms with Crippen molar-refractivity contribution in [2.24, 2.45) is 11.5 Å². The highest BCUT2D eigenvalue weighted by Crippen LogP contribution is 1.85. The zero-order valence-electron chi connectivity index (χ0n) is 5.13. The summed E-state index contributed by atoms with van der Waals surface area (Å²) in [6.45, 7) is 3.30. The Morgan fingerprint density at radius 2 is 2.44 bits per heavy atom. The third-order valence-electron chi connectivity index (χ3n) is 0.882. The topological polar surface area (TPSA) is 69.1 Å². The molecule has 1 unspecified atom stereocenters. The van der Waals surface area contributed by atoms with Gasteiger partial charge in [-0.25, -0.2) is 0 Å². The number of nitrogens with two attached hydrogens (primary N) is 2. The molecule has 0 heterocycles.